The topological polar surface area (TPSA) is 21.7 Å². The molecular weight excluding hydrogens is 377 g/mol. The number of ether oxygens (including phenoxy) is 2. The Balaban J connectivity index is 1.89. The highest BCUT2D eigenvalue weighted by Gasteiger charge is 2.30. The third-order valence-electron chi connectivity index (χ3n) is 6.11. The molecule has 3 nitrogen and oxygen atoms in total. The second-order valence-electron chi connectivity index (χ2n) is 8.31. The highest BCUT2D eigenvalue weighted by atomic mass is 31.1. The summed E-state index contributed by atoms with van der Waals surface area (Å²) in [6.45, 7) is 10.6. The van der Waals surface area contributed by atoms with Crippen LogP contribution in [0, 0.1) is 6.92 Å². The van der Waals surface area contributed by atoms with Crippen LogP contribution in [-0.2, 0) is 16.4 Å². The Morgan fingerprint density at radius 3 is 2.52 bits per heavy atom. The second-order valence-corrected chi connectivity index (χ2v) is 10.2. The molecule has 29 heavy (non-hydrogen) atoms. The molecule has 4 heteroatoms. The quantitative estimate of drug-likeness (QED) is 0.395. The minimum atomic E-state index is 0.0348. The molecule has 2 aromatic carbocycles. The molecule has 0 amide bonds. The van der Waals surface area contributed by atoms with Crippen molar-refractivity contribution in [2.75, 3.05) is 27.0 Å². The lowest BCUT2D eigenvalue weighted by Crippen LogP contribution is -2.31. The van der Waals surface area contributed by atoms with Gasteiger partial charge in [-0.25, -0.2) is 0 Å². The number of rotatable bonds is 9. The lowest BCUT2D eigenvalue weighted by Gasteiger charge is -2.33. The Morgan fingerprint density at radius 2 is 1.79 bits per heavy atom. The van der Waals surface area contributed by atoms with Crippen LogP contribution in [0.5, 0.6) is 5.75 Å². The van der Waals surface area contributed by atoms with Gasteiger partial charge in [-0.2, -0.15) is 0 Å². The van der Waals surface area contributed by atoms with Gasteiger partial charge >= 0.3 is 0 Å². The monoisotopic (exact) mass is 413 g/mol. The van der Waals surface area contributed by atoms with Crippen LogP contribution in [0.3, 0.4) is 0 Å². The van der Waals surface area contributed by atoms with Gasteiger partial charge in [0.1, 0.15) is 5.75 Å². The summed E-state index contributed by atoms with van der Waals surface area (Å²) in [5.41, 5.74) is 3.95. The number of piperidine rings is 1. The fraction of sp³-hybridized carbons (Fsp3) is 0.520. The van der Waals surface area contributed by atoms with Crippen molar-refractivity contribution >= 4 is 13.9 Å². The van der Waals surface area contributed by atoms with Crippen LogP contribution in [0.2, 0.25) is 0 Å². The number of methoxy groups -OCH3 is 1. The molecule has 1 saturated heterocycles. The van der Waals surface area contributed by atoms with E-state index in [4.69, 9.17) is 9.47 Å². The molecule has 2 atom stereocenters. The Labute approximate surface area is 178 Å². The van der Waals surface area contributed by atoms with Gasteiger partial charge in [-0.15, -0.1) is 0 Å². The molecule has 0 N–H and O–H groups in total. The highest BCUT2D eigenvalue weighted by molar-refractivity contribution is 7.48. The summed E-state index contributed by atoms with van der Waals surface area (Å²) >= 11 is 0. The summed E-state index contributed by atoms with van der Waals surface area (Å²) in [7, 11) is 2.37. The van der Waals surface area contributed by atoms with Gasteiger partial charge in [0.2, 0.25) is 0 Å². The molecule has 0 aromatic heterocycles. The van der Waals surface area contributed by atoms with E-state index < -0.39 is 0 Å². The van der Waals surface area contributed by atoms with Gasteiger partial charge in [0.25, 0.3) is 0 Å². The number of para-hydroxylation sites is 1. The molecule has 1 heterocycles. The van der Waals surface area contributed by atoms with E-state index in [9.17, 15) is 0 Å². The lowest BCUT2D eigenvalue weighted by atomic mass is 9.94. The van der Waals surface area contributed by atoms with Crippen LogP contribution in [0.25, 0.3) is 0 Å². The zero-order chi connectivity index (χ0) is 20.7. The fourth-order valence-electron chi connectivity index (χ4n) is 4.18. The van der Waals surface area contributed by atoms with Crippen LogP contribution in [0.4, 0.5) is 0 Å². The van der Waals surface area contributed by atoms with Crippen LogP contribution >= 0.6 is 8.58 Å². The third kappa shape index (κ3) is 5.60. The number of nitrogens with zero attached hydrogens (tertiary/aromatic N) is 1. The number of benzene rings is 2. The standard InChI is InChI=1S/C25H36NO2P/c1-5-25(3,22-14-11-12-20(2)24(22)28-19-27-4)29-23-15-8-7-13-21(23)18-26-16-9-6-10-17-26/h7-8,11-15,29H,5-6,9-10,16-19H2,1-4H3. The average Bonchev–Trinajstić information content (AvgIpc) is 2.75. The lowest BCUT2D eigenvalue weighted by molar-refractivity contribution is 0.0495. The molecule has 0 radical (unpaired) electrons. The molecule has 0 saturated carbocycles. The summed E-state index contributed by atoms with van der Waals surface area (Å²) in [5.74, 6) is 0.986. The molecule has 1 fully saturated rings. The summed E-state index contributed by atoms with van der Waals surface area (Å²) < 4.78 is 11.2. The molecule has 0 aliphatic carbocycles. The smallest absolute Gasteiger partial charge is 0.188 e. The SMILES string of the molecule is CCC(C)(Pc1ccccc1CN1CCCCC1)c1cccc(C)c1OCOC. The predicted octanol–water partition coefficient (Wildman–Crippen LogP) is 5.59. The van der Waals surface area contributed by atoms with E-state index in [2.05, 4.69) is 68.1 Å². The van der Waals surface area contributed by atoms with Crippen molar-refractivity contribution in [1.82, 2.24) is 4.90 Å². The van der Waals surface area contributed by atoms with E-state index in [0.717, 1.165) is 18.7 Å². The molecule has 0 bridgehead atoms. The van der Waals surface area contributed by atoms with E-state index in [-0.39, 0.29) is 11.9 Å². The van der Waals surface area contributed by atoms with E-state index in [1.165, 1.54) is 54.3 Å². The molecule has 1 aliphatic rings. The first-order chi connectivity index (χ1) is 14.1. The molecule has 3 rings (SSSR count). The first-order valence-corrected chi connectivity index (χ1v) is 11.9. The van der Waals surface area contributed by atoms with E-state index in [0.29, 0.717) is 8.58 Å². The maximum Gasteiger partial charge on any atom is 0.188 e. The normalized spacial score (nSPS) is 17.5. The third-order valence-corrected chi connectivity index (χ3v) is 8.04. The van der Waals surface area contributed by atoms with Crippen molar-refractivity contribution in [3.63, 3.8) is 0 Å². The minimum absolute atomic E-state index is 0.0348. The van der Waals surface area contributed by atoms with Gasteiger partial charge in [-0.1, -0.05) is 71.3 Å². The van der Waals surface area contributed by atoms with Crippen molar-refractivity contribution < 1.29 is 9.47 Å². The summed E-state index contributed by atoms with van der Waals surface area (Å²) in [6.07, 6.45) is 5.11. The average molecular weight is 414 g/mol. The number of aryl methyl sites for hydroxylation is 1. The number of likely N-dealkylation sites (tertiary alicyclic amines) is 1. The molecule has 158 valence electrons. The number of hydrogen-bond acceptors (Lipinski definition) is 3. The van der Waals surface area contributed by atoms with Crippen molar-refractivity contribution in [1.29, 1.82) is 0 Å². The van der Waals surface area contributed by atoms with Gasteiger partial charge in [-0.3, -0.25) is 4.90 Å². The zero-order valence-corrected chi connectivity index (χ0v) is 19.5. The van der Waals surface area contributed by atoms with E-state index in [1.807, 2.05) is 0 Å². The zero-order valence-electron chi connectivity index (χ0n) is 18.5. The highest BCUT2D eigenvalue weighted by Crippen LogP contribution is 2.48. The van der Waals surface area contributed by atoms with Gasteiger partial charge < -0.3 is 9.47 Å². The fourth-order valence-corrected chi connectivity index (χ4v) is 5.78. The van der Waals surface area contributed by atoms with Crippen molar-refractivity contribution in [2.24, 2.45) is 0 Å². The number of hydrogen-bond donors (Lipinski definition) is 0. The van der Waals surface area contributed by atoms with Gasteiger partial charge in [0.15, 0.2) is 6.79 Å². The predicted molar refractivity (Wildman–Crippen MR) is 125 cm³/mol. The van der Waals surface area contributed by atoms with Gasteiger partial charge in [-0.05, 0) is 55.7 Å². The first kappa shape index (κ1) is 22.3. The summed E-state index contributed by atoms with van der Waals surface area (Å²) in [6, 6.07) is 15.6. The van der Waals surface area contributed by atoms with Crippen molar-refractivity contribution in [2.45, 2.75) is 58.2 Å². The Hall–Kier alpha value is -1.41. The van der Waals surface area contributed by atoms with E-state index in [1.54, 1.807) is 7.11 Å². The Bertz CT molecular complexity index is 788. The maximum atomic E-state index is 6.03. The molecular formula is C25H36NO2P. The Kier molecular flexibility index (Phi) is 8.12. The molecule has 1 aliphatic heterocycles. The van der Waals surface area contributed by atoms with Crippen LogP contribution in [-0.4, -0.2) is 31.9 Å². The molecule has 2 aromatic rings. The molecule has 2 unspecified atom stereocenters. The first-order valence-electron chi connectivity index (χ1n) is 10.9. The van der Waals surface area contributed by atoms with Crippen molar-refractivity contribution in [3.05, 3.63) is 59.2 Å². The van der Waals surface area contributed by atoms with Crippen molar-refractivity contribution in [3.8, 4) is 5.75 Å². The largest absolute Gasteiger partial charge is 0.467 e. The Morgan fingerprint density at radius 1 is 1.03 bits per heavy atom. The van der Waals surface area contributed by atoms with Crippen LogP contribution in [0.15, 0.2) is 42.5 Å². The summed E-state index contributed by atoms with van der Waals surface area (Å²) in [5, 5.41) is 1.52. The van der Waals surface area contributed by atoms with Crippen LogP contribution < -0.4 is 10.0 Å². The van der Waals surface area contributed by atoms with E-state index >= 15 is 0 Å². The maximum absolute atomic E-state index is 6.03. The van der Waals surface area contributed by atoms with Gasteiger partial charge in [0, 0.05) is 24.4 Å². The second kappa shape index (κ2) is 10.6. The van der Waals surface area contributed by atoms with Gasteiger partial charge in [0.05, 0.1) is 0 Å². The minimum Gasteiger partial charge on any atom is -0.467 e. The molecule has 0 spiro atoms. The summed E-state index contributed by atoms with van der Waals surface area (Å²) in [4.78, 5) is 2.62. The van der Waals surface area contributed by atoms with Crippen LogP contribution in [0.1, 0.15) is 56.2 Å².